The number of rotatable bonds is 5. The van der Waals surface area contributed by atoms with E-state index in [1.807, 2.05) is 30.3 Å². The molecule has 1 aliphatic heterocycles. The van der Waals surface area contributed by atoms with Crippen LogP contribution in [-0.2, 0) is 21.1 Å². The third-order valence-electron chi connectivity index (χ3n) is 3.76. The topological polar surface area (TPSA) is 83.5 Å². The lowest BCUT2D eigenvalue weighted by molar-refractivity contribution is -0.121. The molecule has 1 aromatic carbocycles. The zero-order chi connectivity index (χ0) is 15.3. The molecule has 1 amide bonds. The number of aliphatic hydroxyl groups is 1. The predicted octanol–water partition coefficient (Wildman–Crippen LogP) is 0.673. The molecule has 21 heavy (non-hydrogen) atoms. The van der Waals surface area contributed by atoms with Crippen molar-refractivity contribution in [2.24, 2.45) is 0 Å². The summed E-state index contributed by atoms with van der Waals surface area (Å²) in [4.78, 5) is 12.2. The van der Waals surface area contributed by atoms with E-state index in [2.05, 4.69) is 5.32 Å². The van der Waals surface area contributed by atoms with Crippen LogP contribution in [0.15, 0.2) is 30.3 Å². The number of hydrogen-bond acceptors (Lipinski definition) is 4. The van der Waals surface area contributed by atoms with Crippen molar-refractivity contribution in [1.82, 2.24) is 5.32 Å². The minimum atomic E-state index is -3.34. The number of carbonyl (C=O) groups excluding carboxylic acids is 1. The Morgan fingerprint density at radius 2 is 2.00 bits per heavy atom. The number of aliphatic hydroxyl groups excluding tert-OH is 1. The Kier molecular flexibility index (Phi) is 5.36. The molecule has 0 aliphatic carbocycles. The van der Waals surface area contributed by atoms with Crippen LogP contribution in [0, 0.1) is 0 Å². The number of benzene rings is 1. The Morgan fingerprint density at radius 3 is 2.62 bits per heavy atom. The van der Waals surface area contributed by atoms with Crippen LogP contribution in [0.5, 0.6) is 0 Å². The zero-order valence-corrected chi connectivity index (χ0v) is 12.7. The number of hydrogen-bond donors (Lipinski definition) is 2. The standard InChI is InChI=1S/C15H21NO4S/c17-11-13(10-12-6-2-1-3-7-12)16-15(18)14-8-4-5-9-21(14,19)20/h1-3,6-7,13-14,17H,4-5,8-11H2,(H,16,18)/t13-,14?/m0/s1. The van der Waals surface area contributed by atoms with Gasteiger partial charge in [-0.2, -0.15) is 0 Å². The molecule has 0 spiro atoms. The summed E-state index contributed by atoms with van der Waals surface area (Å²) in [6.45, 7) is -0.215. The Morgan fingerprint density at radius 1 is 1.29 bits per heavy atom. The van der Waals surface area contributed by atoms with Crippen molar-refractivity contribution in [2.45, 2.75) is 37.0 Å². The maximum absolute atomic E-state index is 12.2. The molecule has 1 fully saturated rings. The second-order valence-electron chi connectivity index (χ2n) is 5.43. The fraction of sp³-hybridized carbons (Fsp3) is 0.533. The van der Waals surface area contributed by atoms with E-state index in [9.17, 15) is 18.3 Å². The van der Waals surface area contributed by atoms with Crippen molar-refractivity contribution in [3.63, 3.8) is 0 Å². The Bertz CT molecular complexity index is 571. The minimum absolute atomic E-state index is 0.0769. The molecule has 0 radical (unpaired) electrons. The summed E-state index contributed by atoms with van der Waals surface area (Å²) in [5.41, 5.74) is 0.989. The highest BCUT2D eigenvalue weighted by molar-refractivity contribution is 7.92. The van der Waals surface area contributed by atoms with Gasteiger partial charge in [0, 0.05) is 0 Å². The van der Waals surface area contributed by atoms with E-state index in [-0.39, 0.29) is 12.4 Å². The van der Waals surface area contributed by atoms with Gasteiger partial charge in [0.05, 0.1) is 18.4 Å². The third-order valence-corrected chi connectivity index (χ3v) is 5.94. The van der Waals surface area contributed by atoms with Crippen LogP contribution in [0.2, 0.25) is 0 Å². The summed E-state index contributed by atoms with van der Waals surface area (Å²) >= 11 is 0. The van der Waals surface area contributed by atoms with Gasteiger partial charge in [0.15, 0.2) is 9.84 Å². The summed E-state index contributed by atoms with van der Waals surface area (Å²) in [5, 5.41) is 11.1. The Labute approximate surface area is 125 Å². The quantitative estimate of drug-likeness (QED) is 0.837. The van der Waals surface area contributed by atoms with Crippen molar-refractivity contribution in [3.05, 3.63) is 35.9 Å². The van der Waals surface area contributed by atoms with Gasteiger partial charge in [0.1, 0.15) is 5.25 Å². The molecule has 1 aromatic rings. The highest BCUT2D eigenvalue weighted by atomic mass is 32.2. The molecule has 0 aromatic heterocycles. The summed E-state index contributed by atoms with van der Waals surface area (Å²) in [7, 11) is -3.34. The molecule has 116 valence electrons. The fourth-order valence-corrected chi connectivity index (χ4v) is 4.41. The van der Waals surface area contributed by atoms with E-state index in [1.165, 1.54) is 0 Å². The van der Waals surface area contributed by atoms with Gasteiger partial charge in [-0.3, -0.25) is 4.79 Å². The Hall–Kier alpha value is -1.40. The van der Waals surface area contributed by atoms with Crippen molar-refractivity contribution < 1.29 is 18.3 Å². The van der Waals surface area contributed by atoms with Gasteiger partial charge >= 0.3 is 0 Å². The summed E-state index contributed by atoms with van der Waals surface area (Å²) in [6.07, 6.45) is 2.23. The lowest BCUT2D eigenvalue weighted by Gasteiger charge is -2.24. The summed E-state index contributed by atoms with van der Waals surface area (Å²) in [5.74, 6) is -0.405. The van der Waals surface area contributed by atoms with E-state index in [0.29, 0.717) is 19.3 Å². The highest BCUT2D eigenvalue weighted by Gasteiger charge is 2.35. The van der Waals surface area contributed by atoms with Gasteiger partial charge < -0.3 is 10.4 Å². The van der Waals surface area contributed by atoms with E-state index < -0.39 is 27.0 Å². The second-order valence-corrected chi connectivity index (χ2v) is 7.73. The molecule has 2 atom stereocenters. The van der Waals surface area contributed by atoms with Crippen molar-refractivity contribution >= 4 is 15.7 Å². The van der Waals surface area contributed by atoms with Gasteiger partial charge in [-0.05, 0) is 24.8 Å². The first-order chi connectivity index (χ1) is 10.0. The number of amides is 1. The number of sulfone groups is 1. The molecule has 6 heteroatoms. The van der Waals surface area contributed by atoms with E-state index in [4.69, 9.17) is 0 Å². The average Bonchev–Trinajstić information content (AvgIpc) is 2.47. The van der Waals surface area contributed by atoms with Gasteiger partial charge in [-0.1, -0.05) is 36.8 Å². The average molecular weight is 311 g/mol. The molecule has 1 heterocycles. The first-order valence-corrected chi connectivity index (χ1v) is 8.91. The number of carbonyl (C=O) groups is 1. The molecule has 2 rings (SSSR count). The molecule has 1 aliphatic rings. The monoisotopic (exact) mass is 311 g/mol. The zero-order valence-electron chi connectivity index (χ0n) is 11.9. The van der Waals surface area contributed by atoms with Crippen LogP contribution >= 0.6 is 0 Å². The highest BCUT2D eigenvalue weighted by Crippen LogP contribution is 2.19. The predicted molar refractivity (Wildman–Crippen MR) is 80.6 cm³/mol. The molecule has 1 unspecified atom stereocenters. The molecule has 0 bridgehead atoms. The smallest absolute Gasteiger partial charge is 0.238 e. The van der Waals surface area contributed by atoms with Gasteiger partial charge in [-0.15, -0.1) is 0 Å². The van der Waals surface area contributed by atoms with Crippen LogP contribution in [0.3, 0.4) is 0 Å². The van der Waals surface area contributed by atoms with E-state index in [1.54, 1.807) is 0 Å². The second kappa shape index (κ2) is 7.04. The molecular weight excluding hydrogens is 290 g/mol. The van der Waals surface area contributed by atoms with Gasteiger partial charge in [-0.25, -0.2) is 8.42 Å². The lowest BCUT2D eigenvalue weighted by atomic mass is 10.1. The van der Waals surface area contributed by atoms with Gasteiger partial charge in [0.25, 0.3) is 0 Å². The number of nitrogens with one attached hydrogen (secondary N) is 1. The molecule has 1 saturated heterocycles. The maximum atomic E-state index is 12.2. The van der Waals surface area contributed by atoms with E-state index >= 15 is 0 Å². The van der Waals surface area contributed by atoms with Crippen molar-refractivity contribution in [2.75, 3.05) is 12.4 Å². The molecule has 0 saturated carbocycles. The first-order valence-electron chi connectivity index (χ1n) is 7.19. The fourth-order valence-electron chi connectivity index (χ4n) is 2.60. The Balaban J connectivity index is 1.99. The largest absolute Gasteiger partial charge is 0.394 e. The molecular formula is C15H21NO4S. The van der Waals surface area contributed by atoms with E-state index in [0.717, 1.165) is 12.0 Å². The third kappa shape index (κ3) is 4.28. The minimum Gasteiger partial charge on any atom is -0.394 e. The first kappa shape index (κ1) is 16.0. The summed E-state index contributed by atoms with van der Waals surface area (Å²) in [6, 6.07) is 9.02. The molecule has 2 N–H and O–H groups in total. The van der Waals surface area contributed by atoms with Crippen LogP contribution in [-0.4, -0.2) is 43.1 Å². The molecule has 5 nitrogen and oxygen atoms in total. The van der Waals surface area contributed by atoms with Crippen LogP contribution < -0.4 is 5.32 Å². The van der Waals surface area contributed by atoms with Crippen LogP contribution in [0.1, 0.15) is 24.8 Å². The van der Waals surface area contributed by atoms with Crippen LogP contribution in [0.4, 0.5) is 0 Å². The summed E-state index contributed by atoms with van der Waals surface area (Å²) < 4.78 is 23.9. The lowest BCUT2D eigenvalue weighted by Crippen LogP contribution is -2.48. The van der Waals surface area contributed by atoms with Crippen molar-refractivity contribution in [1.29, 1.82) is 0 Å². The normalized spacial score (nSPS) is 22.4. The van der Waals surface area contributed by atoms with Gasteiger partial charge in [0.2, 0.25) is 5.91 Å². The SMILES string of the molecule is O=C(N[C@H](CO)Cc1ccccc1)C1CCCCS1(=O)=O. The van der Waals surface area contributed by atoms with Crippen molar-refractivity contribution in [3.8, 4) is 0 Å². The van der Waals surface area contributed by atoms with Crippen LogP contribution in [0.25, 0.3) is 0 Å². The maximum Gasteiger partial charge on any atom is 0.238 e.